The summed E-state index contributed by atoms with van der Waals surface area (Å²) < 4.78 is 14.5. The minimum Gasteiger partial charge on any atom is -0.309 e. The van der Waals surface area contributed by atoms with E-state index in [-0.39, 0.29) is 11.9 Å². The van der Waals surface area contributed by atoms with Crippen molar-refractivity contribution in [2.24, 2.45) is 0 Å². The fraction of sp³-hybridized carbons (Fsp3) is 0.412. The van der Waals surface area contributed by atoms with Crippen molar-refractivity contribution in [2.45, 2.75) is 39.2 Å². The van der Waals surface area contributed by atoms with E-state index in [2.05, 4.69) is 46.5 Å². The van der Waals surface area contributed by atoms with Crippen molar-refractivity contribution in [3.05, 3.63) is 55.9 Å². The summed E-state index contributed by atoms with van der Waals surface area (Å²) in [6, 6.07) is 7.35. The Hall–Kier alpha value is -0.710. The maximum Gasteiger partial charge on any atom is 0.123 e. The average molecular weight is 370 g/mol. The molecule has 0 radical (unpaired) electrons. The summed E-state index contributed by atoms with van der Waals surface area (Å²) in [5.41, 5.74) is 2.40. The summed E-state index contributed by atoms with van der Waals surface area (Å²) in [4.78, 5) is 1.38. The van der Waals surface area contributed by atoms with Crippen LogP contribution in [0.5, 0.6) is 0 Å². The van der Waals surface area contributed by atoms with Gasteiger partial charge in [-0.15, -0.1) is 11.3 Å². The first-order chi connectivity index (χ1) is 10.2. The Balaban J connectivity index is 2.26. The van der Waals surface area contributed by atoms with Crippen LogP contribution in [-0.2, 0) is 12.8 Å². The predicted molar refractivity (Wildman–Crippen MR) is 92.5 cm³/mol. The maximum atomic E-state index is 13.5. The zero-order chi connectivity index (χ0) is 15.2. The van der Waals surface area contributed by atoms with Crippen LogP contribution in [0, 0.1) is 5.82 Å². The van der Waals surface area contributed by atoms with Gasteiger partial charge in [0.15, 0.2) is 0 Å². The first-order valence-electron chi connectivity index (χ1n) is 7.39. The highest BCUT2D eigenvalue weighted by molar-refractivity contribution is 9.10. The van der Waals surface area contributed by atoms with Gasteiger partial charge in [-0.1, -0.05) is 29.8 Å². The molecule has 2 rings (SSSR count). The molecule has 1 aromatic carbocycles. The summed E-state index contributed by atoms with van der Waals surface area (Å²) in [7, 11) is 0. The van der Waals surface area contributed by atoms with Crippen LogP contribution in [-0.4, -0.2) is 6.54 Å². The Morgan fingerprint density at radius 1 is 1.24 bits per heavy atom. The van der Waals surface area contributed by atoms with Crippen molar-refractivity contribution in [1.29, 1.82) is 0 Å². The van der Waals surface area contributed by atoms with E-state index in [0.29, 0.717) is 0 Å². The summed E-state index contributed by atoms with van der Waals surface area (Å²) >= 11 is 5.33. The number of hydrogen-bond donors (Lipinski definition) is 1. The predicted octanol–water partition coefficient (Wildman–Crippen LogP) is 5.50. The van der Waals surface area contributed by atoms with Crippen molar-refractivity contribution in [3.8, 4) is 0 Å². The quantitative estimate of drug-likeness (QED) is 0.679. The lowest BCUT2D eigenvalue weighted by atomic mass is 10.0. The fourth-order valence-electron chi connectivity index (χ4n) is 2.44. The van der Waals surface area contributed by atoms with Crippen molar-refractivity contribution in [3.63, 3.8) is 0 Å². The van der Waals surface area contributed by atoms with Crippen molar-refractivity contribution in [1.82, 2.24) is 5.32 Å². The lowest BCUT2D eigenvalue weighted by Gasteiger charge is -2.20. The molecule has 0 bridgehead atoms. The van der Waals surface area contributed by atoms with E-state index >= 15 is 0 Å². The first-order valence-corrected chi connectivity index (χ1v) is 9.06. The zero-order valence-corrected chi connectivity index (χ0v) is 14.9. The molecule has 0 aliphatic heterocycles. The van der Waals surface area contributed by atoms with E-state index in [9.17, 15) is 4.39 Å². The normalized spacial score (nSPS) is 12.6. The van der Waals surface area contributed by atoms with E-state index in [1.807, 2.05) is 0 Å². The molecule has 1 unspecified atom stereocenters. The van der Waals surface area contributed by atoms with Gasteiger partial charge in [0, 0.05) is 15.4 Å². The number of benzene rings is 1. The van der Waals surface area contributed by atoms with E-state index in [4.69, 9.17) is 0 Å². The summed E-state index contributed by atoms with van der Waals surface area (Å²) in [5.74, 6) is -0.177. The summed E-state index contributed by atoms with van der Waals surface area (Å²) in [6.07, 6.45) is 2.92. The Morgan fingerprint density at radius 2 is 2.05 bits per heavy atom. The minimum absolute atomic E-state index is 0.177. The Morgan fingerprint density at radius 3 is 2.76 bits per heavy atom. The molecule has 0 aliphatic rings. The van der Waals surface area contributed by atoms with E-state index < -0.39 is 0 Å². The number of nitrogens with one attached hydrogen (secondary N) is 1. The molecule has 1 nitrogen and oxygen atoms in total. The molecule has 1 N–H and O–H groups in total. The van der Waals surface area contributed by atoms with Crippen LogP contribution >= 0.6 is 27.3 Å². The molecule has 0 saturated heterocycles. The molecule has 1 heterocycles. The van der Waals surface area contributed by atoms with E-state index in [0.717, 1.165) is 35.8 Å². The van der Waals surface area contributed by atoms with Crippen molar-refractivity contribution < 1.29 is 4.39 Å². The van der Waals surface area contributed by atoms with Gasteiger partial charge in [-0.05, 0) is 66.6 Å². The molecule has 0 spiro atoms. The molecule has 0 aliphatic carbocycles. The van der Waals surface area contributed by atoms with Crippen molar-refractivity contribution >= 4 is 27.3 Å². The second-order valence-electron chi connectivity index (χ2n) is 5.11. The Kier molecular flexibility index (Phi) is 6.40. The molecule has 21 heavy (non-hydrogen) atoms. The molecule has 114 valence electrons. The summed E-state index contributed by atoms with van der Waals surface area (Å²) in [5, 5.41) is 5.76. The molecule has 1 aromatic heterocycles. The average Bonchev–Trinajstić information content (AvgIpc) is 2.95. The standard InChI is InChI=1S/C17H21BrFNS/c1-3-8-20-16(17-12(4-2)7-9-21-17)11-13-10-14(19)5-6-15(13)18/h5-7,9-10,16,20H,3-4,8,11H2,1-2H3. The molecule has 4 heteroatoms. The first kappa shape index (κ1) is 16.7. The summed E-state index contributed by atoms with van der Waals surface area (Å²) in [6.45, 7) is 5.32. The Bertz CT molecular complexity index is 582. The molecular formula is C17H21BrFNS. The van der Waals surface area contributed by atoms with Crippen LogP contribution in [0.1, 0.15) is 42.3 Å². The number of aryl methyl sites for hydroxylation is 1. The smallest absolute Gasteiger partial charge is 0.123 e. The van der Waals surface area contributed by atoms with E-state index in [1.165, 1.54) is 16.5 Å². The van der Waals surface area contributed by atoms with Gasteiger partial charge >= 0.3 is 0 Å². The lowest BCUT2D eigenvalue weighted by molar-refractivity contribution is 0.530. The molecule has 0 fully saturated rings. The van der Waals surface area contributed by atoms with Gasteiger partial charge < -0.3 is 5.32 Å². The maximum absolute atomic E-state index is 13.5. The second-order valence-corrected chi connectivity index (χ2v) is 6.91. The number of rotatable bonds is 7. The van der Waals surface area contributed by atoms with Crippen molar-refractivity contribution in [2.75, 3.05) is 6.54 Å². The number of thiophene rings is 1. The zero-order valence-electron chi connectivity index (χ0n) is 12.5. The SMILES string of the molecule is CCCNC(Cc1cc(F)ccc1Br)c1sccc1CC. The monoisotopic (exact) mass is 369 g/mol. The number of halogens is 2. The van der Waals surface area contributed by atoms with Gasteiger partial charge in [-0.3, -0.25) is 0 Å². The van der Waals surface area contributed by atoms with Gasteiger partial charge in [-0.2, -0.15) is 0 Å². The van der Waals surface area contributed by atoms with Crippen LogP contribution in [0.3, 0.4) is 0 Å². The highest BCUT2D eigenvalue weighted by atomic mass is 79.9. The van der Waals surface area contributed by atoms with Crippen LogP contribution in [0.25, 0.3) is 0 Å². The van der Waals surface area contributed by atoms with Gasteiger partial charge in [0.2, 0.25) is 0 Å². The van der Waals surface area contributed by atoms with Crippen LogP contribution < -0.4 is 5.32 Å². The van der Waals surface area contributed by atoms with Crippen LogP contribution in [0.4, 0.5) is 4.39 Å². The Labute approximate surface area is 138 Å². The molecule has 1 atom stereocenters. The lowest BCUT2D eigenvalue weighted by Crippen LogP contribution is -2.24. The number of hydrogen-bond acceptors (Lipinski definition) is 2. The molecule has 0 saturated carbocycles. The largest absolute Gasteiger partial charge is 0.309 e. The van der Waals surface area contributed by atoms with E-state index in [1.54, 1.807) is 23.5 Å². The van der Waals surface area contributed by atoms with Gasteiger partial charge in [-0.25, -0.2) is 4.39 Å². The highest BCUT2D eigenvalue weighted by Crippen LogP contribution is 2.30. The van der Waals surface area contributed by atoms with Gasteiger partial charge in [0.05, 0.1) is 0 Å². The molecular weight excluding hydrogens is 349 g/mol. The topological polar surface area (TPSA) is 12.0 Å². The second kappa shape index (κ2) is 8.06. The van der Waals surface area contributed by atoms with Gasteiger partial charge in [0.1, 0.15) is 5.82 Å². The third-order valence-electron chi connectivity index (χ3n) is 3.55. The fourth-order valence-corrected chi connectivity index (χ4v) is 3.92. The van der Waals surface area contributed by atoms with Crippen LogP contribution in [0.15, 0.2) is 34.1 Å². The third-order valence-corrected chi connectivity index (χ3v) is 5.40. The highest BCUT2D eigenvalue weighted by Gasteiger charge is 2.17. The molecule has 2 aromatic rings. The van der Waals surface area contributed by atoms with Crippen LogP contribution in [0.2, 0.25) is 0 Å². The van der Waals surface area contributed by atoms with Gasteiger partial charge in [0.25, 0.3) is 0 Å². The molecule has 0 amide bonds. The minimum atomic E-state index is -0.177. The third kappa shape index (κ3) is 4.38.